The number of aliphatic hydroxyl groups excluding tert-OH is 1. The number of ketones is 1. The van der Waals surface area contributed by atoms with E-state index in [0.29, 0.717) is 33.4 Å². The molecule has 2 aromatic carbocycles. The van der Waals surface area contributed by atoms with Crippen LogP contribution in [-0.2, 0) is 19.4 Å². The summed E-state index contributed by atoms with van der Waals surface area (Å²) in [5.41, 5.74) is 2.39. The molecule has 1 N–H and O–H groups in total. The minimum Gasteiger partial charge on any atom is -0.543 e. The minimum absolute atomic E-state index is 0. The Labute approximate surface area is 212 Å². The maximum absolute atomic E-state index is 12.8. The Morgan fingerprint density at radius 3 is 2.27 bits per heavy atom. The third-order valence-corrected chi connectivity index (χ3v) is 7.60. The van der Waals surface area contributed by atoms with E-state index in [2.05, 4.69) is 0 Å². The largest absolute Gasteiger partial charge is 1.00 e. The van der Waals surface area contributed by atoms with Gasteiger partial charge in [-0.15, -0.1) is 0 Å². The van der Waals surface area contributed by atoms with Gasteiger partial charge in [0.05, 0.1) is 34.6 Å². The molecule has 1 saturated heterocycles. The van der Waals surface area contributed by atoms with E-state index in [9.17, 15) is 33.0 Å². The van der Waals surface area contributed by atoms with Crippen molar-refractivity contribution in [1.82, 2.24) is 4.90 Å². The van der Waals surface area contributed by atoms with Crippen molar-refractivity contribution in [3.8, 4) is 11.1 Å². The molecule has 5 rings (SSSR count). The van der Waals surface area contributed by atoms with Crippen molar-refractivity contribution in [2.75, 3.05) is 6.26 Å². The van der Waals surface area contributed by atoms with E-state index >= 15 is 0 Å². The Kier molecular flexibility index (Phi) is 5.70. The van der Waals surface area contributed by atoms with E-state index in [1.54, 1.807) is 18.2 Å². The van der Waals surface area contributed by atoms with E-state index in [4.69, 9.17) is 0 Å². The van der Waals surface area contributed by atoms with Crippen LogP contribution in [0, 0.1) is 5.92 Å². The molecule has 2 heterocycles. The average Bonchev–Trinajstić information content (AvgIpc) is 3.20. The van der Waals surface area contributed by atoms with Gasteiger partial charge in [0.1, 0.15) is 0 Å². The molecule has 33 heavy (non-hydrogen) atoms. The number of aliphatic hydroxyl groups is 1. The number of hydrogen-bond donors (Lipinski definition) is 1. The Bertz CT molecular complexity index is 1390. The molecule has 0 radical (unpaired) electrons. The smallest absolute Gasteiger partial charge is 0.543 e. The van der Waals surface area contributed by atoms with Crippen LogP contribution in [0.3, 0.4) is 0 Å². The van der Waals surface area contributed by atoms with Gasteiger partial charge in [0.25, 0.3) is 0 Å². The number of carboxylic acid groups (broad SMARTS) is 1. The number of carbonyl (C=O) groups is 3. The van der Waals surface area contributed by atoms with Gasteiger partial charge in [-0.2, -0.15) is 0 Å². The zero-order chi connectivity index (χ0) is 23.1. The van der Waals surface area contributed by atoms with Crippen molar-refractivity contribution >= 4 is 33.1 Å². The van der Waals surface area contributed by atoms with Crippen LogP contribution in [0.1, 0.15) is 34.8 Å². The molecule has 1 amide bonds. The van der Waals surface area contributed by atoms with Crippen LogP contribution in [0.5, 0.6) is 0 Å². The van der Waals surface area contributed by atoms with Gasteiger partial charge in [-0.25, -0.2) is 8.42 Å². The number of sulfone groups is 1. The summed E-state index contributed by atoms with van der Waals surface area (Å²) in [4.78, 5) is 38.4. The second kappa shape index (κ2) is 7.89. The molecule has 10 heteroatoms. The first kappa shape index (κ1) is 23.8. The number of β-lactam (4-membered cyclic amide) rings is 1. The van der Waals surface area contributed by atoms with Gasteiger partial charge in [0.15, 0.2) is 15.6 Å². The fourth-order valence-corrected chi connectivity index (χ4v) is 5.64. The normalized spacial score (nSPS) is 21.7. The molecule has 8 nitrogen and oxygen atoms in total. The number of carbonyl (C=O) groups excluding carboxylic acids is 3. The molecule has 1 aliphatic carbocycles. The van der Waals surface area contributed by atoms with Crippen LogP contribution in [0.2, 0.25) is 0 Å². The number of hydrogen-bond acceptors (Lipinski definition) is 7. The quantitative estimate of drug-likeness (QED) is 0.323. The number of benzene rings is 2. The average molecular weight is 475 g/mol. The number of nitrogens with zero attached hydrogens (tertiary/aromatic N) is 1. The molecule has 0 saturated carbocycles. The fourth-order valence-electron chi connectivity index (χ4n) is 4.99. The van der Waals surface area contributed by atoms with Crippen LogP contribution in [0.25, 0.3) is 16.7 Å². The predicted molar refractivity (Wildman–Crippen MR) is 111 cm³/mol. The van der Waals surface area contributed by atoms with Crippen molar-refractivity contribution in [3.63, 3.8) is 0 Å². The van der Waals surface area contributed by atoms with Gasteiger partial charge < -0.3 is 19.9 Å². The maximum atomic E-state index is 12.8. The molecule has 0 aromatic heterocycles. The topological polar surface area (TPSA) is 132 Å². The zero-order valence-electron chi connectivity index (χ0n) is 18.2. The summed E-state index contributed by atoms with van der Waals surface area (Å²) in [6, 6.07) is 8.69. The van der Waals surface area contributed by atoms with Gasteiger partial charge >= 0.3 is 29.6 Å². The monoisotopic (exact) mass is 475 g/mol. The summed E-state index contributed by atoms with van der Waals surface area (Å²) >= 11 is 0. The number of rotatable bonds is 4. The number of carboxylic acids is 1. The van der Waals surface area contributed by atoms with Crippen molar-refractivity contribution in [2.45, 2.75) is 30.4 Å². The SMILES string of the molecule is C[C@@H](O)[C@H]1C(=O)N2C(C(=O)[O-])=C(c3ccc4c(c3)-c3cc(S(C)(=O)=O)ccc3C4=O)C[C@H]12.[Na+]. The standard InChI is InChI=1S/C23H19NO7S.Na/c1-10(25)19-18-9-15(20(23(28)29)24(18)22(19)27)11-3-5-13-16(7-11)17-8-12(32(2,30)31)4-6-14(17)21(13)26;/h3-8,10,18-19,25H,9H2,1-2H3,(H,28,29);/q;+1/p-1/t10-,18-,19-;/m1./s1. The van der Waals surface area contributed by atoms with Gasteiger partial charge in [-0.05, 0) is 65.9 Å². The van der Waals surface area contributed by atoms with Crippen molar-refractivity contribution in [2.24, 2.45) is 5.92 Å². The van der Waals surface area contributed by atoms with Gasteiger partial charge in [-0.1, -0.05) is 6.07 Å². The molecule has 0 spiro atoms. The summed E-state index contributed by atoms with van der Waals surface area (Å²) < 4.78 is 24.0. The van der Waals surface area contributed by atoms with Gasteiger partial charge in [0, 0.05) is 17.4 Å². The van der Waals surface area contributed by atoms with E-state index in [1.807, 2.05) is 0 Å². The zero-order valence-corrected chi connectivity index (χ0v) is 21.0. The van der Waals surface area contributed by atoms with Crippen LogP contribution >= 0.6 is 0 Å². The van der Waals surface area contributed by atoms with Crippen LogP contribution < -0.4 is 34.7 Å². The van der Waals surface area contributed by atoms with Crippen LogP contribution in [0.4, 0.5) is 0 Å². The van der Waals surface area contributed by atoms with Crippen molar-refractivity contribution < 1.29 is 62.6 Å². The molecular weight excluding hydrogens is 457 g/mol. The van der Waals surface area contributed by atoms with Crippen molar-refractivity contribution in [1.29, 1.82) is 0 Å². The van der Waals surface area contributed by atoms with E-state index in [-0.39, 0.29) is 52.4 Å². The molecule has 164 valence electrons. The molecule has 0 bridgehead atoms. The molecule has 3 atom stereocenters. The maximum Gasteiger partial charge on any atom is 1.00 e. The minimum atomic E-state index is -3.49. The van der Waals surface area contributed by atoms with Crippen molar-refractivity contribution in [3.05, 3.63) is 58.8 Å². The van der Waals surface area contributed by atoms with E-state index < -0.39 is 39.8 Å². The fraction of sp³-hybridized carbons (Fsp3) is 0.261. The summed E-state index contributed by atoms with van der Waals surface area (Å²) in [5, 5.41) is 21.8. The van der Waals surface area contributed by atoms with Gasteiger partial charge in [0.2, 0.25) is 5.91 Å². The first-order chi connectivity index (χ1) is 15.0. The molecule has 2 aromatic rings. The number of aliphatic carboxylic acids is 1. The molecule has 1 fully saturated rings. The number of fused-ring (bicyclic) bond motifs is 4. The van der Waals surface area contributed by atoms with Gasteiger partial charge in [-0.3, -0.25) is 9.59 Å². The van der Waals surface area contributed by atoms with E-state index in [0.717, 1.165) is 11.2 Å². The van der Waals surface area contributed by atoms with Crippen LogP contribution in [-0.4, -0.2) is 54.5 Å². The summed E-state index contributed by atoms with van der Waals surface area (Å²) in [6.45, 7) is 1.49. The Morgan fingerprint density at radius 1 is 1.09 bits per heavy atom. The van der Waals surface area contributed by atoms with Crippen LogP contribution in [0.15, 0.2) is 47.0 Å². The first-order valence-electron chi connectivity index (χ1n) is 10.00. The third kappa shape index (κ3) is 3.41. The molecular formula is C23H18NNaO7S. The second-order valence-corrected chi connectivity index (χ2v) is 10.4. The third-order valence-electron chi connectivity index (χ3n) is 6.49. The predicted octanol–water partition coefficient (Wildman–Crippen LogP) is -2.62. The summed E-state index contributed by atoms with van der Waals surface area (Å²) in [6.07, 6.45) is 0.399. The molecule has 0 unspecified atom stereocenters. The molecule has 2 aliphatic heterocycles. The first-order valence-corrected chi connectivity index (χ1v) is 11.9. The summed E-state index contributed by atoms with van der Waals surface area (Å²) in [7, 11) is -3.49. The Balaban J connectivity index is 0.00000259. The Hall–Kier alpha value is -2.30. The second-order valence-electron chi connectivity index (χ2n) is 8.43. The number of amides is 1. The summed E-state index contributed by atoms with van der Waals surface area (Å²) in [5.74, 6) is -2.87. The van der Waals surface area contributed by atoms with E-state index in [1.165, 1.54) is 25.1 Å². The molecule has 3 aliphatic rings. The Morgan fingerprint density at radius 2 is 1.70 bits per heavy atom.